The molecule has 0 fully saturated rings. The SMILES string of the molecule is C=C(N[C@H]1c2ccccc2C[C@H]1O)[C@H](Cc1ccccc1)C[C@H](O)CNS(=O)(=O)c1ccc(CCC)cc1. The number of aliphatic hydroxyl groups is 2. The van der Waals surface area contributed by atoms with Crippen molar-refractivity contribution in [3.05, 3.63) is 113 Å². The van der Waals surface area contributed by atoms with Crippen LogP contribution in [0, 0.1) is 5.92 Å². The average Bonchev–Trinajstić information content (AvgIpc) is 3.23. The molecule has 6 nitrogen and oxygen atoms in total. The van der Waals surface area contributed by atoms with Crippen molar-refractivity contribution >= 4 is 10.0 Å². The molecule has 3 aromatic rings. The van der Waals surface area contributed by atoms with E-state index in [-0.39, 0.29) is 23.4 Å². The molecule has 0 aliphatic heterocycles. The molecule has 3 aromatic carbocycles. The lowest BCUT2D eigenvalue weighted by Crippen LogP contribution is -2.36. The van der Waals surface area contributed by atoms with Gasteiger partial charge in [-0.1, -0.05) is 86.7 Å². The van der Waals surface area contributed by atoms with E-state index in [9.17, 15) is 18.6 Å². The quantitative estimate of drug-likeness (QED) is 0.262. The molecule has 4 N–H and O–H groups in total. The standard InChI is InChI=1S/C31H38N2O4S/c1-3-9-23-14-16-28(17-15-23)38(36,37)32-21-27(34)19-26(18-24-10-5-4-6-11-24)22(2)33-31-29-13-8-7-12-25(29)20-30(31)35/h4-8,10-17,26-27,30-35H,2-3,9,18-21H2,1H3/t26-,27+,30-,31+/m1/s1. The molecular formula is C31H38N2O4S. The summed E-state index contributed by atoms with van der Waals surface area (Å²) in [6, 6.07) is 24.5. The van der Waals surface area contributed by atoms with Crippen molar-refractivity contribution in [2.24, 2.45) is 5.92 Å². The lowest BCUT2D eigenvalue weighted by molar-refractivity contribution is 0.136. The number of sulfonamides is 1. The summed E-state index contributed by atoms with van der Waals surface area (Å²) in [4.78, 5) is 0.186. The van der Waals surface area contributed by atoms with Crippen LogP contribution in [0.5, 0.6) is 0 Å². The zero-order valence-corrected chi connectivity index (χ0v) is 22.7. The van der Waals surface area contributed by atoms with Crippen molar-refractivity contribution in [2.75, 3.05) is 6.54 Å². The fourth-order valence-electron chi connectivity index (χ4n) is 5.14. The van der Waals surface area contributed by atoms with Gasteiger partial charge in [0.25, 0.3) is 0 Å². The van der Waals surface area contributed by atoms with Gasteiger partial charge in [0.15, 0.2) is 0 Å². The molecule has 0 bridgehead atoms. The number of hydrogen-bond acceptors (Lipinski definition) is 5. The van der Waals surface area contributed by atoms with E-state index in [0.29, 0.717) is 25.0 Å². The highest BCUT2D eigenvalue weighted by Crippen LogP contribution is 2.33. The first-order valence-electron chi connectivity index (χ1n) is 13.3. The second-order valence-electron chi connectivity index (χ2n) is 10.1. The topological polar surface area (TPSA) is 98.7 Å². The van der Waals surface area contributed by atoms with Crippen LogP contribution in [0.2, 0.25) is 0 Å². The van der Waals surface area contributed by atoms with Crippen LogP contribution in [-0.2, 0) is 29.3 Å². The highest BCUT2D eigenvalue weighted by Gasteiger charge is 2.32. The molecule has 4 atom stereocenters. The van der Waals surface area contributed by atoms with Gasteiger partial charge < -0.3 is 15.5 Å². The number of hydrogen-bond donors (Lipinski definition) is 4. The number of fused-ring (bicyclic) bond motifs is 1. The van der Waals surface area contributed by atoms with Gasteiger partial charge in [0.2, 0.25) is 10.0 Å². The van der Waals surface area contributed by atoms with Gasteiger partial charge in [-0.3, -0.25) is 0 Å². The number of allylic oxidation sites excluding steroid dienone is 1. The van der Waals surface area contributed by atoms with Crippen LogP contribution in [0.25, 0.3) is 0 Å². The van der Waals surface area contributed by atoms with Gasteiger partial charge in [-0.2, -0.15) is 0 Å². The fraction of sp³-hybridized carbons (Fsp3) is 0.355. The summed E-state index contributed by atoms with van der Waals surface area (Å²) in [5, 5.41) is 25.0. The molecule has 0 unspecified atom stereocenters. The highest BCUT2D eigenvalue weighted by atomic mass is 32.2. The molecule has 4 rings (SSSR count). The number of nitrogens with one attached hydrogen (secondary N) is 2. The maximum Gasteiger partial charge on any atom is 0.240 e. The van der Waals surface area contributed by atoms with E-state index >= 15 is 0 Å². The summed E-state index contributed by atoms with van der Waals surface area (Å²) < 4.78 is 28.2. The van der Waals surface area contributed by atoms with Crippen LogP contribution in [0.15, 0.2) is 96.0 Å². The van der Waals surface area contributed by atoms with Crippen molar-refractivity contribution in [1.82, 2.24) is 10.0 Å². The van der Waals surface area contributed by atoms with Crippen molar-refractivity contribution in [3.63, 3.8) is 0 Å². The predicted molar refractivity (Wildman–Crippen MR) is 151 cm³/mol. The first-order valence-corrected chi connectivity index (χ1v) is 14.8. The normalized spacial score (nSPS) is 18.5. The molecule has 38 heavy (non-hydrogen) atoms. The molecule has 0 saturated carbocycles. The molecule has 0 radical (unpaired) electrons. The van der Waals surface area contributed by atoms with Crippen molar-refractivity contribution in [1.29, 1.82) is 0 Å². The van der Waals surface area contributed by atoms with Gasteiger partial charge in [0, 0.05) is 24.6 Å². The number of aryl methyl sites for hydroxylation is 1. The molecule has 1 aliphatic carbocycles. The maximum absolute atomic E-state index is 12.8. The van der Waals surface area contributed by atoms with E-state index in [1.807, 2.05) is 66.7 Å². The molecular weight excluding hydrogens is 496 g/mol. The van der Waals surface area contributed by atoms with Gasteiger partial charge in [-0.05, 0) is 53.6 Å². The van der Waals surface area contributed by atoms with Crippen LogP contribution < -0.4 is 10.0 Å². The Morgan fingerprint density at radius 3 is 2.39 bits per heavy atom. The Morgan fingerprint density at radius 1 is 1.00 bits per heavy atom. The van der Waals surface area contributed by atoms with E-state index in [1.54, 1.807) is 12.1 Å². The lowest BCUT2D eigenvalue weighted by Gasteiger charge is -2.28. The van der Waals surface area contributed by atoms with Gasteiger partial charge in [0.1, 0.15) is 0 Å². The van der Waals surface area contributed by atoms with Crippen molar-refractivity contribution < 1.29 is 18.6 Å². The minimum absolute atomic E-state index is 0.105. The van der Waals surface area contributed by atoms with Gasteiger partial charge in [-0.15, -0.1) is 0 Å². The smallest absolute Gasteiger partial charge is 0.240 e. The lowest BCUT2D eigenvalue weighted by atomic mass is 9.90. The van der Waals surface area contributed by atoms with E-state index in [0.717, 1.165) is 35.1 Å². The van der Waals surface area contributed by atoms with Gasteiger partial charge in [-0.25, -0.2) is 13.1 Å². The zero-order valence-electron chi connectivity index (χ0n) is 21.9. The molecule has 1 aliphatic rings. The zero-order chi connectivity index (χ0) is 27.1. The Labute approximate surface area is 226 Å². The second-order valence-corrected chi connectivity index (χ2v) is 11.9. The summed E-state index contributed by atoms with van der Waals surface area (Å²) in [7, 11) is -3.74. The molecule has 0 amide bonds. The number of rotatable bonds is 13. The minimum atomic E-state index is -3.74. The molecule has 0 spiro atoms. The van der Waals surface area contributed by atoms with E-state index in [1.165, 1.54) is 0 Å². The summed E-state index contributed by atoms with van der Waals surface area (Å²) in [6.45, 7) is 6.26. The monoisotopic (exact) mass is 534 g/mol. The molecule has 0 aromatic heterocycles. The molecule has 0 heterocycles. The van der Waals surface area contributed by atoms with E-state index < -0.39 is 22.2 Å². The summed E-state index contributed by atoms with van der Waals surface area (Å²) in [6.07, 6.45) is 1.92. The van der Waals surface area contributed by atoms with Crippen molar-refractivity contribution in [2.45, 2.75) is 62.2 Å². The first kappa shape index (κ1) is 28.0. The summed E-state index contributed by atoms with van der Waals surface area (Å²) in [5.41, 5.74) is 5.06. The van der Waals surface area contributed by atoms with Crippen LogP contribution in [0.4, 0.5) is 0 Å². The molecule has 202 valence electrons. The third-order valence-electron chi connectivity index (χ3n) is 7.20. The van der Waals surface area contributed by atoms with Crippen LogP contribution in [0.1, 0.15) is 48.1 Å². The third kappa shape index (κ3) is 7.11. The summed E-state index contributed by atoms with van der Waals surface area (Å²) in [5.74, 6) is -0.176. The van der Waals surface area contributed by atoms with E-state index in [2.05, 4.69) is 23.5 Å². The molecule has 0 saturated heterocycles. The average molecular weight is 535 g/mol. The highest BCUT2D eigenvalue weighted by molar-refractivity contribution is 7.89. The van der Waals surface area contributed by atoms with E-state index in [4.69, 9.17) is 0 Å². The Hall–Kier alpha value is -2.97. The Balaban J connectivity index is 1.42. The number of benzene rings is 3. The Bertz CT molecular complexity index is 1310. The largest absolute Gasteiger partial charge is 0.392 e. The van der Waals surface area contributed by atoms with Gasteiger partial charge in [0.05, 0.1) is 23.1 Å². The maximum atomic E-state index is 12.8. The molecule has 7 heteroatoms. The minimum Gasteiger partial charge on any atom is -0.392 e. The van der Waals surface area contributed by atoms with Gasteiger partial charge >= 0.3 is 0 Å². The predicted octanol–water partition coefficient (Wildman–Crippen LogP) is 4.29. The first-order chi connectivity index (χ1) is 18.3. The van der Waals surface area contributed by atoms with Crippen LogP contribution in [-0.4, -0.2) is 37.4 Å². The number of aliphatic hydroxyl groups excluding tert-OH is 2. The Morgan fingerprint density at radius 2 is 1.68 bits per heavy atom. The van der Waals surface area contributed by atoms with Crippen LogP contribution in [0.3, 0.4) is 0 Å². The Kier molecular flexibility index (Phi) is 9.39. The van der Waals surface area contributed by atoms with Crippen molar-refractivity contribution in [3.8, 4) is 0 Å². The van der Waals surface area contributed by atoms with Crippen LogP contribution >= 0.6 is 0 Å². The third-order valence-corrected chi connectivity index (χ3v) is 8.64. The fourth-order valence-corrected chi connectivity index (χ4v) is 6.21. The second kappa shape index (κ2) is 12.7. The summed E-state index contributed by atoms with van der Waals surface area (Å²) >= 11 is 0.